The highest BCUT2D eigenvalue weighted by Gasteiger charge is 2.36. The van der Waals surface area contributed by atoms with E-state index in [0.717, 1.165) is 29.4 Å². The van der Waals surface area contributed by atoms with Crippen molar-refractivity contribution in [1.29, 1.82) is 0 Å². The van der Waals surface area contributed by atoms with Crippen LogP contribution in [0, 0.1) is 5.82 Å². The summed E-state index contributed by atoms with van der Waals surface area (Å²) in [6, 6.07) is 15.9. The predicted octanol–water partition coefficient (Wildman–Crippen LogP) is 5.46. The van der Waals surface area contributed by atoms with E-state index >= 15 is 0 Å². The summed E-state index contributed by atoms with van der Waals surface area (Å²) in [5, 5.41) is 1.57. The van der Waals surface area contributed by atoms with Gasteiger partial charge in [0.05, 0.1) is 0 Å². The molecule has 156 valence electrons. The molecule has 1 aliphatic rings. The number of nitrogens with zero attached hydrogens (tertiary/aromatic N) is 3. The number of benzene rings is 2. The smallest absolute Gasteiger partial charge is 0.290 e. The third kappa shape index (κ3) is 4.32. The molecule has 5 nitrogen and oxygen atoms in total. The first-order chi connectivity index (χ1) is 15.2. The number of hydrogen-bond donors (Lipinski definition) is 0. The molecule has 0 bridgehead atoms. The maximum Gasteiger partial charge on any atom is 0.290 e. The normalized spacial score (nSPS) is 13.5. The largest absolute Gasteiger partial charge is 0.451 e. The zero-order chi connectivity index (χ0) is 21.2. The predicted molar refractivity (Wildman–Crippen MR) is 117 cm³/mol. The Balaban J connectivity index is 1.47. The SMILES string of the molecule is O=C(c1oc2ccccc2c1CSc1ncccn1)N(Cc1ccc(F)cc1)C1CC1. The van der Waals surface area contributed by atoms with E-state index in [1.54, 1.807) is 30.6 Å². The first-order valence-electron chi connectivity index (χ1n) is 10.1. The molecule has 2 aromatic carbocycles. The molecule has 0 aliphatic heterocycles. The lowest BCUT2D eigenvalue weighted by Gasteiger charge is -2.22. The number of amides is 1. The van der Waals surface area contributed by atoms with Crippen LogP contribution >= 0.6 is 11.8 Å². The van der Waals surface area contributed by atoms with Gasteiger partial charge in [-0.1, -0.05) is 42.1 Å². The number of thioether (sulfide) groups is 1. The Kier molecular flexibility index (Phi) is 5.42. The van der Waals surface area contributed by atoms with Gasteiger partial charge in [-0.15, -0.1) is 0 Å². The summed E-state index contributed by atoms with van der Waals surface area (Å²) in [6.45, 7) is 0.426. The van der Waals surface area contributed by atoms with E-state index in [1.165, 1.54) is 23.9 Å². The fraction of sp³-hybridized carbons (Fsp3) is 0.208. The number of carbonyl (C=O) groups excluding carboxylic acids is 1. The average Bonchev–Trinajstić information content (AvgIpc) is 3.58. The third-order valence-electron chi connectivity index (χ3n) is 5.29. The summed E-state index contributed by atoms with van der Waals surface area (Å²) in [5.74, 6) is 0.468. The summed E-state index contributed by atoms with van der Waals surface area (Å²) in [6.07, 6.45) is 5.34. The fourth-order valence-corrected chi connectivity index (χ4v) is 4.41. The Labute approximate surface area is 183 Å². The zero-order valence-electron chi connectivity index (χ0n) is 16.7. The fourth-order valence-electron chi connectivity index (χ4n) is 3.58. The molecule has 0 unspecified atom stereocenters. The van der Waals surface area contributed by atoms with Crippen LogP contribution in [0.2, 0.25) is 0 Å². The average molecular weight is 434 g/mol. The number of furan rings is 1. The summed E-state index contributed by atoms with van der Waals surface area (Å²) >= 11 is 1.47. The van der Waals surface area contributed by atoms with Crippen molar-refractivity contribution in [2.75, 3.05) is 0 Å². The minimum absolute atomic E-state index is 0.132. The molecule has 2 aromatic heterocycles. The van der Waals surface area contributed by atoms with Crippen molar-refractivity contribution in [3.05, 3.63) is 89.7 Å². The van der Waals surface area contributed by atoms with Crippen LogP contribution in [0.3, 0.4) is 0 Å². The van der Waals surface area contributed by atoms with Gasteiger partial charge in [0, 0.05) is 41.7 Å². The molecule has 1 amide bonds. The molecule has 2 heterocycles. The lowest BCUT2D eigenvalue weighted by Crippen LogP contribution is -2.32. The van der Waals surface area contributed by atoms with Crippen LogP contribution in [-0.4, -0.2) is 26.8 Å². The van der Waals surface area contributed by atoms with Crippen molar-refractivity contribution < 1.29 is 13.6 Å². The van der Waals surface area contributed by atoms with Gasteiger partial charge in [-0.2, -0.15) is 0 Å². The molecule has 4 aromatic rings. The number of para-hydroxylation sites is 1. The summed E-state index contributed by atoms with van der Waals surface area (Å²) < 4.78 is 19.4. The van der Waals surface area contributed by atoms with E-state index in [4.69, 9.17) is 4.42 Å². The first kappa shape index (κ1) is 19.8. The van der Waals surface area contributed by atoms with Gasteiger partial charge in [0.1, 0.15) is 11.4 Å². The van der Waals surface area contributed by atoms with Crippen molar-refractivity contribution >= 4 is 28.6 Å². The lowest BCUT2D eigenvalue weighted by atomic mass is 10.1. The van der Waals surface area contributed by atoms with Gasteiger partial charge in [0.25, 0.3) is 5.91 Å². The number of hydrogen-bond acceptors (Lipinski definition) is 5. The minimum Gasteiger partial charge on any atom is -0.451 e. The van der Waals surface area contributed by atoms with Gasteiger partial charge in [-0.3, -0.25) is 4.79 Å². The summed E-state index contributed by atoms with van der Waals surface area (Å²) in [7, 11) is 0. The third-order valence-corrected chi connectivity index (χ3v) is 6.20. The zero-order valence-corrected chi connectivity index (χ0v) is 17.5. The number of halogens is 1. The number of aromatic nitrogens is 2. The number of rotatable bonds is 7. The molecule has 0 radical (unpaired) electrons. The quantitative estimate of drug-likeness (QED) is 0.286. The maximum atomic E-state index is 13.6. The topological polar surface area (TPSA) is 59.2 Å². The highest BCUT2D eigenvalue weighted by Crippen LogP contribution is 2.35. The molecule has 5 rings (SSSR count). The Bertz CT molecular complexity index is 1210. The monoisotopic (exact) mass is 433 g/mol. The second-order valence-corrected chi connectivity index (χ2v) is 8.46. The molecule has 1 fully saturated rings. The van der Waals surface area contributed by atoms with E-state index in [1.807, 2.05) is 29.2 Å². The molecular formula is C24H20FN3O2S. The van der Waals surface area contributed by atoms with E-state index in [9.17, 15) is 9.18 Å². The second kappa shape index (κ2) is 8.51. The van der Waals surface area contributed by atoms with Crippen molar-refractivity contribution in [2.45, 2.75) is 36.3 Å². The Morgan fingerprint density at radius 3 is 2.55 bits per heavy atom. The molecule has 31 heavy (non-hydrogen) atoms. The van der Waals surface area contributed by atoms with Crippen molar-refractivity contribution in [1.82, 2.24) is 14.9 Å². The summed E-state index contributed by atoms with van der Waals surface area (Å²) in [5.41, 5.74) is 2.43. The van der Waals surface area contributed by atoms with E-state index in [-0.39, 0.29) is 17.8 Å². The van der Waals surface area contributed by atoms with Gasteiger partial charge < -0.3 is 9.32 Å². The van der Waals surface area contributed by atoms with Crippen molar-refractivity contribution in [2.24, 2.45) is 0 Å². The van der Waals surface area contributed by atoms with Crippen LogP contribution in [0.4, 0.5) is 4.39 Å². The van der Waals surface area contributed by atoms with E-state index in [0.29, 0.717) is 28.8 Å². The van der Waals surface area contributed by atoms with Gasteiger partial charge in [0.2, 0.25) is 0 Å². The minimum atomic E-state index is -0.284. The van der Waals surface area contributed by atoms with Crippen molar-refractivity contribution in [3.63, 3.8) is 0 Å². The van der Waals surface area contributed by atoms with Crippen LogP contribution in [-0.2, 0) is 12.3 Å². The van der Waals surface area contributed by atoms with Crippen LogP contribution in [0.5, 0.6) is 0 Å². The second-order valence-electron chi connectivity index (χ2n) is 7.52. The van der Waals surface area contributed by atoms with Crippen LogP contribution in [0.1, 0.15) is 34.5 Å². The highest BCUT2D eigenvalue weighted by molar-refractivity contribution is 7.98. The standard InChI is InChI=1S/C24H20FN3O2S/c25-17-8-6-16(7-9-17)14-28(18-10-11-18)23(29)22-20(15-31-24-26-12-3-13-27-24)19-4-1-2-5-21(19)30-22/h1-9,12-13,18H,10-11,14-15H2. The Hall–Kier alpha value is -3.19. The van der Waals surface area contributed by atoms with E-state index < -0.39 is 0 Å². The maximum absolute atomic E-state index is 13.6. The van der Waals surface area contributed by atoms with Crippen LogP contribution < -0.4 is 0 Å². The van der Waals surface area contributed by atoms with Gasteiger partial charge in [-0.25, -0.2) is 14.4 Å². The Morgan fingerprint density at radius 1 is 1.06 bits per heavy atom. The number of carbonyl (C=O) groups is 1. The summed E-state index contributed by atoms with van der Waals surface area (Å²) in [4.78, 5) is 24.0. The molecule has 0 spiro atoms. The molecule has 0 N–H and O–H groups in total. The van der Waals surface area contributed by atoms with Crippen molar-refractivity contribution in [3.8, 4) is 0 Å². The molecule has 7 heteroatoms. The van der Waals surface area contributed by atoms with Crippen LogP contribution in [0.15, 0.2) is 76.6 Å². The molecule has 1 aliphatic carbocycles. The molecule has 0 atom stereocenters. The molecule has 0 saturated heterocycles. The van der Waals surface area contributed by atoms with Gasteiger partial charge in [-0.05, 0) is 42.7 Å². The molecular weight excluding hydrogens is 413 g/mol. The molecule has 1 saturated carbocycles. The Morgan fingerprint density at radius 2 is 1.81 bits per heavy atom. The van der Waals surface area contributed by atoms with Crippen LogP contribution in [0.25, 0.3) is 11.0 Å². The van der Waals surface area contributed by atoms with E-state index in [2.05, 4.69) is 9.97 Å². The number of fused-ring (bicyclic) bond motifs is 1. The highest BCUT2D eigenvalue weighted by atomic mass is 32.2. The first-order valence-corrected chi connectivity index (χ1v) is 11.1. The lowest BCUT2D eigenvalue weighted by molar-refractivity contribution is 0.0698. The van der Waals surface area contributed by atoms with Gasteiger partial charge in [0.15, 0.2) is 10.9 Å². The van der Waals surface area contributed by atoms with Gasteiger partial charge >= 0.3 is 0 Å².